The van der Waals surface area contributed by atoms with Crippen molar-refractivity contribution in [3.63, 3.8) is 0 Å². The molecule has 3 heteroatoms. The van der Waals surface area contributed by atoms with Gasteiger partial charge in [0, 0.05) is 18.9 Å². The first-order valence-electron chi connectivity index (χ1n) is 3.68. The topological polar surface area (TPSA) is 45.4 Å². The highest BCUT2D eigenvalue weighted by Crippen LogP contribution is 2.11. The lowest BCUT2D eigenvalue weighted by Crippen LogP contribution is -1.98. The molecule has 3 nitrogen and oxygen atoms in total. The summed E-state index contributed by atoms with van der Waals surface area (Å²) in [4.78, 5) is 0. The zero-order chi connectivity index (χ0) is 8.27. The van der Waals surface area contributed by atoms with Gasteiger partial charge in [-0.2, -0.15) is 0 Å². The molecule has 0 radical (unpaired) electrons. The maximum absolute atomic E-state index is 9.13. The molecule has 0 saturated heterocycles. The summed E-state index contributed by atoms with van der Waals surface area (Å²) in [6.45, 7) is 2.44. The van der Waals surface area contributed by atoms with Crippen molar-refractivity contribution >= 4 is 0 Å². The van der Waals surface area contributed by atoms with E-state index < -0.39 is 6.10 Å². The predicted molar refractivity (Wildman–Crippen MR) is 42.2 cm³/mol. The van der Waals surface area contributed by atoms with E-state index in [1.807, 2.05) is 23.0 Å². The average molecular weight is 155 g/mol. The van der Waals surface area contributed by atoms with Crippen LogP contribution in [0.1, 0.15) is 18.6 Å². The zero-order valence-electron chi connectivity index (χ0n) is 6.57. The molecule has 1 aromatic heterocycles. The second-order valence-electron chi connectivity index (χ2n) is 2.58. The van der Waals surface area contributed by atoms with Crippen molar-refractivity contribution in [3.8, 4) is 0 Å². The molecule has 2 N–H and O–H groups in total. The Balaban J connectivity index is 2.66. The van der Waals surface area contributed by atoms with Gasteiger partial charge in [0.25, 0.3) is 0 Å². The van der Waals surface area contributed by atoms with E-state index in [1.54, 1.807) is 6.92 Å². The van der Waals surface area contributed by atoms with Crippen LogP contribution in [0.3, 0.4) is 0 Å². The number of hydrogen-bond donors (Lipinski definition) is 2. The Hall–Kier alpha value is -0.800. The molecule has 0 aliphatic carbocycles. The van der Waals surface area contributed by atoms with Crippen LogP contribution in [-0.2, 0) is 6.54 Å². The summed E-state index contributed by atoms with van der Waals surface area (Å²) in [6.07, 6.45) is 3.26. The van der Waals surface area contributed by atoms with Crippen LogP contribution in [0.4, 0.5) is 0 Å². The maximum atomic E-state index is 9.13. The van der Waals surface area contributed by atoms with Crippen LogP contribution < -0.4 is 0 Å². The fourth-order valence-corrected chi connectivity index (χ4v) is 0.961. The number of rotatable bonds is 3. The van der Waals surface area contributed by atoms with Crippen LogP contribution in [0, 0.1) is 0 Å². The second-order valence-corrected chi connectivity index (χ2v) is 2.58. The van der Waals surface area contributed by atoms with Crippen LogP contribution in [0.25, 0.3) is 0 Å². The Morgan fingerprint density at radius 1 is 1.64 bits per heavy atom. The van der Waals surface area contributed by atoms with E-state index in [2.05, 4.69) is 0 Å². The van der Waals surface area contributed by atoms with E-state index >= 15 is 0 Å². The normalized spacial score (nSPS) is 13.4. The minimum atomic E-state index is -0.421. The highest BCUT2D eigenvalue weighted by Gasteiger charge is 2.01. The first-order valence-corrected chi connectivity index (χ1v) is 3.68. The van der Waals surface area contributed by atoms with Gasteiger partial charge in [0.05, 0.1) is 12.7 Å². The Labute approximate surface area is 65.9 Å². The lowest BCUT2D eigenvalue weighted by Gasteiger charge is -1.99. The van der Waals surface area contributed by atoms with Crippen LogP contribution in [0.5, 0.6) is 0 Å². The number of nitrogens with zero attached hydrogens (tertiary/aromatic N) is 1. The minimum Gasteiger partial charge on any atom is -0.395 e. The zero-order valence-corrected chi connectivity index (χ0v) is 6.57. The van der Waals surface area contributed by atoms with E-state index in [0.29, 0.717) is 6.54 Å². The Bertz CT molecular complexity index is 218. The summed E-state index contributed by atoms with van der Waals surface area (Å²) in [6, 6.07) is 1.85. The second kappa shape index (κ2) is 3.55. The Morgan fingerprint density at radius 2 is 2.36 bits per heavy atom. The number of aliphatic hydroxyl groups is 2. The van der Waals surface area contributed by atoms with Gasteiger partial charge in [0.15, 0.2) is 0 Å². The highest BCUT2D eigenvalue weighted by molar-refractivity contribution is 5.12. The monoisotopic (exact) mass is 155 g/mol. The van der Waals surface area contributed by atoms with Gasteiger partial charge in [0.2, 0.25) is 0 Å². The Kier molecular flexibility index (Phi) is 2.68. The molecule has 1 rings (SSSR count). The maximum Gasteiger partial charge on any atom is 0.0776 e. The van der Waals surface area contributed by atoms with Gasteiger partial charge in [-0.3, -0.25) is 0 Å². The fraction of sp³-hybridized carbons (Fsp3) is 0.500. The van der Waals surface area contributed by atoms with Gasteiger partial charge >= 0.3 is 0 Å². The smallest absolute Gasteiger partial charge is 0.0776 e. The average Bonchev–Trinajstić information content (AvgIpc) is 2.37. The molecular formula is C8H13NO2. The minimum absolute atomic E-state index is 0.133. The van der Waals surface area contributed by atoms with Crippen molar-refractivity contribution in [2.45, 2.75) is 19.6 Å². The largest absolute Gasteiger partial charge is 0.395 e. The highest BCUT2D eigenvalue weighted by atomic mass is 16.3. The summed E-state index contributed by atoms with van der Waals surface area (Å²) in [5, 5.41) is 17.7. The molecule has 1 aromatic rings. The number of aromatic nitrogens is 1. The molecule has 0 aliphatic heterocycles. The summed E-state index contributed by atoms with van der Waals surface area (Å²) in [7, 11) is 0. The predicted octanol–water partition coefficient (Wildman–Crippen LogP) is 0.534. The van der Waals surface area contributed by atoms with Gasteiger partial charge < -0.3 is 14.8 Å². The lowest BCUT2D eigenvalue weighted by molar-refractivity contribution is 0.199. The van der Waals surface area contributed by atoms with E-state index in [4.69, 9.17) is 10.2 Å². The van der Waals surface area contributed by atoms with Crippen molar-refractivity contribution in [1.29, 1.82) is 0 Å². The third-order valence-corrected chi connectivity index (χ3v) is 1.61. The van der Waals surface area contributed by atoms with E-state index in [0.717, 1.165) is 5.56 Å². The first kappa shape index (κ1) is 8.30. The SMILES string of the molecule is CC(O)c1ccn(CCO)c1. The van der Waals surface area contributed by atoms with Gasteiger partial charge in [-0.25, -0.2) is 0 Å². The lowest BCUT2D eigenvalue weighted by atomic mass is 10.2. The number of hydrogen-bond acceptors (Lipinski definition) is 2. The molecule has 11 heavy (non-hydrogen) atoms. The summed E-state index contributed by atoms with van der Waals surface area (Å²) < 4.78 is 1.85. The van der Waals surface area contributed by atoms with Crippen molar-refractivity contribution in [2.75, 3.05) is 6.61 Å². The van der Waals surface area contributed by atoms with Gasteiger partial charge in [0.1, 0.15) is 0 Å². The van der Waals surface area contributed by atoms with Crippen molar-refractivity contribution in [2.24, 2.45) is 0 Å². The van der Waals surface area contributed by atoms with Crippen LogP contribution >= 0.6 is 0 Å². The summed E-state index contributed by atoms with van der Waals surface area (Å²) >= 11 is 0. The fourth-order valence-electron chi connectivity index (χ4n) is 0.961. The van der Waals surface area contributed by atoms with Crippen molar-refractivity contribution in [3.05, 3.63) is 24.0 Å². The number of aliphatic hydroxyl groups excluding tert-OH is 2. The van der Waals surface area contributed by atoms with Crippen molar-refractivity contribution < 1.29 is 10.2 Å². The van der Waals surface area contributed by atoms with E-state index in [9.17, 15) is 0 Å². The molecule has 0 saturated carbocycles. The first-order chi connectivity index (χ1) is 5.24. The van der Waals surface area contributed by atoms with Crippen molar-refractivity contribution in [1.82, 2.24) is 4.57 Å². The van der Waals surface area contributed by atoms with E-state index in [-0.39, 0.29) is 6.61 Å². The third kappa shape index (κ3) is 2.06. The molecule has 0 fully saturated rings. The molecule has 0 spiro atoms. The summed E-state index contributed by atoms with van der Waals surface area (Å²) in [5.41, 5.74) is 0.887. The van der Waals surface area contributed by atoms with Gasteiger partial charge in [-0.15, -0.1) is 0 Å². The molecule has 1 atom stereocenters. The third-order valence-electron chi connectivity index (χ3n) is 1.61. The van der Waals surface area contributed by atoms with Crippen LogP contribution in [0.15, 0.2) is 18.5 Å². The van der Waals surface area contributed by atoms with Gasteiger partial charge in [-0.1, -0.05) is 0 Å². The van der Waals surface area contributed by atoms with E-state index in [1.165, 1.54) is 0 Å². The molecule has 1 heterocycles. The molecule has 1 unspecified atom stereocenters. The molecule has 0 aromatic carbocycles. The molecule has 0 amide bonds. The summed E-state index contributed by atoms with van der Waals surface area (Å²) in [5.74, 6) is 0. The van der Waals surface area contributed by atoms with Gasteiger partial charge in [-0.05, 0) is 18.6 Å². The van der Waals surface area contributed by atoms with Crippen LogP contribution in [-0.4, -0.2) is 21.4 Å². The molecular weight excluding hydrogens is 142 g/mol. The quantitative estimate of drug-likeness (QED) is 0.669. The molecule has 0 aliphatic rings. The molecule has 0 bridgehead atoms. The standard InChI is InChI=1S/C8H13NO2/c1-7(11)8-2-3-9(6-8)4-5-10/h2-3,6-7,10-11H,4-5H2,1H3. The molecule has 62 valence electrons. The van der Waals surface area contributed by atoms with Crippen LogP contribution in [0.2, 0.25) is 0 Å². The Morgan fingerprint density at radius 3 is 2.82 bits per heavy atom.